The van der Waals surface area contributed by atoms with E-state index in [0.29, 0.717) is 13.0 Å². The highest BCUT2D eigenvalue weighted by atomic mass is 16.5. The standard InChI is InChI=1S/C15H28N6O2/c1-4-13-20-19-12-21(13)11-10-18-15(16-5-2)17-9-7-6-8-14(22)23-3/h12H,4-11H2,1-3H3,(H2,16,17,18). The Kier molecular flexibility index (Phi) is 9.42. The highest BCUT2D eigenvalue weighted by Gasteiger charge is 2.02. The number of aryl methyl sites for hydroxylation is 1. The van der Waals surface area contributed by atoms with Gasteiger partial charge in [-0.3, -0.25) is 9.79 Å². The molecule has 0 atom stereocenters. The quantitative estimate of drug-likeness (QED) is 0.285. The normalized spacial score (nSPS) is 11.3. The van der Waals surface area contributed by atoms with Crippen LogP contribution in [-0.4, -0.2) is 53.4 Å². The first-order valence-corrected chi connectivity index (χ1v) is 8.16. The largest absolute Gasteiger partial charge is 0.469 e. The van der Waals surface area contributed by atoms with Gasteiger partial charge in [0, 0.05) is 39.0 Å². The van der Waals surface area contributed by atoms with E-state index in [1.165, 1.54) is 7.11 Å². The van der Waals surface area contributed by atoms with Crippen LogP contribution in [0.4, 0.5) is 0 Å². The van der Waals surface area contributed by atoms with Crippen LogP contribution in [-0.2, 0) is 22.5 Å². The Morgan fingerprint density at radius 3 is 2.87 bits per heavy atom. The van der Waals surface area contributed by atoms with E-state index in [-0.39, 0.29) is 5.97 Å². The number of hydrogen-bond acceptors (Lipinski definition) is 5. The van der Waals surface area contributed by atoms with E-state index in [0.717, 1.165) is 50.7 Å². The Morgan fingerprint density at radius 1 is 1.35 bits per heavy atom. The molecule has 0 amide bonds. The maximum atomic E-state index is 11.0. The van der Waals surface area contributed by atoms with E-state index in [1.807, 2.05) is 11.5 Å². The molecule has 0 aliphatic heterocycles. The molecule has 1 heterocycles. The number of carbonyl (C=O) groups excluding carboxylic acids is 1. The molecule has 0 aliphatic rings. The van der Waals surface area contributed by atoms with Crippen LogP contribution in [0.15, 0.2) is 11.3 Å². The monoisotopic (exact) mass is 324 g/mol. The van der Waals surface area contributed by atoms with Crippen molar-refractivity contribution >= 4 is 11.9 Å². The molecule has 0 fully saturated rings. The fourth-order valence-electron chi connectivity index (χ4n) is 2.05. The smallest absolute Gasteiger partial charge is 0.305 e. The molecule has 1 aromatic heterocycles. The molecule has 0 radical (unpaired) electrons. The number of rotatable bonds is 10. The zero-order chi connectivity index (χ0) is 16.9. The van der Waals surface area contributed by atoms with Crippen LogP contribution < -0.4 is 10.6 Å². The number of unbranched alkanes of at least 4 members (excludes halogenated alkanes) is 1. The minimum absolute atomic E-state index is 0.167. The van der Waals surface area contributed by atoms with Crippen molar-refractivity contribution < 1.29 is 9.53 Å². The average Bonchev–Trinajstić information content (AvgIpc) is 3.01. The minimum atomic E-state index is -0.167. The van der Waals surface area contributed by atoms with Crippen molar-refractivity contribution in [3.63, 3.8) is 0 Å². The summed E-state index contributed by atoms with van der Waals surface area (Å²) in [5, 5.41) is 14.5. The molecule has 0 aliphatic carbocycles. The van der Waals surface area contributed by atoms with Gasteiger partial charge in [0.05, 0.1) is 7.11 Å². The Hall–Kier alpha value is -2.12. The molecule has 2 N–H and O–H groups in total. The van der Waals surface area contributed by atoms with E-state index in [2.05, 4.69) is 37.5 Å². The molecule has 1 rings (SSSR count). The molecule has 0 unspecified atom stereocenters. The predicted octanol–water partition coefficient (Wildman–Crippen LogP) is 0.739. The van der Waals surface area contributed by atoms with Crippen molar-refractivity contribution in [2.45, 2.75) is 46.1 Å². The second-order valence-electron chi connectivity index (χ2n) is 5.01. The summed E-state index contributed by atoms with van der Waals surface area (Å²) >= 11 is 0. The van der Waals surface area contributed by atoms with Crippen LogP contribution in [0.25, 0.3) is 0 Å². The lowest BCUT2D eigenvalue weighted by Gasteiger charge is -2.12. The highest BCUT2D eigenvalue weighted by molar-refractivity contribution is 5.79. The Labute approximate surface area is 137 Å². The van der Waals surface area contributed by atoms with Gasteiger partial charge < -0.3 is 19.9 Å². The van der Waals surface area contributed by atoms with Gasteiger partial charge in [-0.2, -0.15) is 0 Å². The SMILES string of the molecule is CCNC(=NCCCCC(=O)OC)NCCn1cnnc1CC. The van der Waals surface area contributed by atoms with E-state index in [4.69, 9.17) is 0 Å². The third-order valence-corrected chi connectivity index (χ3v) is 3.29. The summed E-state index contributed by atoms with van der Waals surface area (Å²) < 4.78 is 6.65. The van der Waals surface area contributed by atoms with Crippen LogP contribution in [0.1, 0.15) is 38.9 Å². The molecular weight excluding hydrogens is 296 g/mol. The van der Waals surface area contributed by atoms with E-state index < -0.39 is 0 Å². The van der Waals surface area contributed by atoms with Crippen LogP contribution >= 0.6 is 0 Å². The number of carbonyl (C=O) groups is 1. The molecule has 8 nitrogen and oxygen atoms in total. The molecule has 130 valence electrons. The van der Waals surface area contributed by atoms with Gasteiger partial charge in [0.15, 0.2) is 5.96 Å². The first-order chi connectivity index (χ1) is 11.2. The van der Waals surface area contributed by atoms with Gasteiger partial charge in [0.2, 0.25) is 0 Å². The van der Waals surface area contributed by atoms with Gasteiger partial charge in [-0.1, -0.05) is 6.92 Å². The summed E-state index contributed by atoms with van der Waals surface area (Å²) in [6.07, 6.45) is 4.71. The Balaban J connectivity index is 2.30. The molecule has 0 bridgehead atoms. The molecule has 0 aromatic carbocycles. The summed E-state index contributed by atoms with van der Waals surface area (Å²) in [5.74, 6) is 1.60. The number of aliphatic imine (C=N–C) groups is 1. The van der Waals surface area contributed by atoms with Crippen molar-refractivity contribution in [1.29, 1.82) is 0 Å². The fourth-order valence-corrected chi connectivity index (χ4v) is 2.05. The van der Waals surface area contributed by atoms with E-state index >= 15 is 0 Å². The lowest BCUT2D eigenvalue weighted by Crippen LogP contribution is -2.39. The molecule has 0 saturated carbocycles. The summed E-state index contributed by atoms with van der Waals surface area (Å²) in [4.78, 5) is 15.5. The Bertz CT molecular complexity index is 486. The van der Waals surface area contributed by atoms with Crippen molar-refractivity contribution in [2.75, 3.05) is 26.7 Å². The van der Waals surface area contributed by atoms with Gasteiger partial charge in [-0.25, -0.2) is 0 Å². The number of aromatic nitrogens is 3. The van der Waals surface area contributed by atoms with Gasteiger partial charge in [0.1, 0.15) is 12.2 Å². The summed E-state index contributed by atoms with van der Waals surface area (Å²) in [5.41, 5.74) is 0. The van der Waals surface area contributed by atoms with Crippen LogP contribution in [0.2, 0.25) is 0 Å². The lowest BCUT2D eigenvalue weighted by molar-refractivity contribution is -0.140. The van der Waals surface area contributed by atoms with Crippen LogP contribution in [0.3, 0.4) is 0 Å². The average molecular weight is 324 g/mol. The number of guanidine groups is 1. The number of nitrogens with zero attached hydrogens (tertiary/aromatic N) is 4. The molecular formula is C15H28N6O2. The second-order valence-corrected chi connectivity index (χ2v) is 5.01. The van der Waals surface area contributed by atoms with E-state index in [1.54, 1.807) is 6.33 Å². The van der Waals surface area contributed by atoms with E-state index in [9.17, 15) is 4.79 Å². The highest BCUT2D eigenvalue weighted by Crippen LogP contribution is 1.97. The minimum Gasteiger partial charge on any atom is -0.469 e. The second kappa shape index (κ2) is 11.4. The van der Waals surface area contributed by atoms with Crippen molar-refractivity contribution in [2.24, 2.45) is 4.99 Å². The van der Waals surface area contributed by atoms with Crippen molar-refractivity contribution in [1.82, 2.24) is 25.4 Å². The molecule has 23 heavy (non-hydrogen) atoms. The third kappa shape index (κ3) is 7.62. The molecule has 1 aromatic rings. The number of ether oxygens (including phenoxy) is 1. The molecule has 8 heteroatoms. The molecule has 0 saturated heterocycles. The molecule has 0 spiro atoms. The summed E-state index contributed by atoms with van der Waals surface area (Å²) in [7, 11) is 1.41. The number of nitrogens with one attached hydrogen (secondary N) is 2. The Morgan fingerprint density at radius 2 is 2.17 bits per heavy atom. The number of esters is 1. The lowest BCUT2D eigenvalue weighted by atomic mass is 10.2. The van der Waals surface area contributed by atoms with Gasteiger partial charge in [-0.15, -0.1) is 10.2 Å². The van der Waals surface area contributed by atoms with Gasteiger partial charge in [-0.05, 0) is 19.8 Å². The predicted molar refractivity (Wildman–Crippen MR) is 89.2 cm³/mol. The maximum absolute atomic E-state index is 11.0. The summed E-state index contributed by atoms with van der Waals surface area (Å²) in [6, 6.07) is 0. The number of hydrogen-bond donors (Lipinski definition) is 2. The van der Waals surface area contributed by atoms with Crippen LogP contribution in [0.5, 0.6) is 0 Å². The summed E-state index contributed by atoms with van der Waals surface area (Å²) in [6.45, 7) is 7.12. The zero-order valence-electron chi connectivity index (χ0n) is 14.3. The van der Waals surface area contributed by atoms with Gasteiger partial charge >= 0.3 is 5.97 Å². The van der Waals surface area contributed by atoms with Crippen molar-refractivity contribution in [3.05, 3.63) is 12.2 Å². The fraction of sp³-hybridized carbons (Fsp3) is 0.733. The number of methoxy groups -OCH3 is 1. The third-order valence-electron chi connectivity index (χ3n) is 3.29. The first-order valence-electron chi connectivity index (χ1n) is 8.16. The van der Waals surface area contributed by atoms with Gasteiger partial charge in [0.25, 0.3) is 0 Å². The van der Waals surface area contributed by atoms with Crippen LogP contribution in [0, 0.1) is 0 Å². The maximum Gasteiger partial charge on any atom is 0.305 e. The topological polar surface area (TPSA) is 93.4 Å². The van der Waals surface area contributed by atoms with Crippen molar-refractivity contribution in [3.8, 4) is 0 Å². The zero-order valence-corrected chi connectivity index (χ0v) is 14.3. The first kappa shape index (κ1) is 18.9.